The van der Waals surface area contributed by atoms with Crippen molar-refractivity contribution < 1.29 is 14.6 Å². The van der Waals surface area contributed by atoms with Crippen LogP contribution >= 0.6 is 0 Å². The minimum Gasteiger partial charge on any atom is -0.504 e. The van der Waals surface area contributed by atoms with Gasteiger partial charge in [-0.05, 0) is 32.2 Å². The summed E-state index contributed by atoms with van der Waals surface area (Å²) in [6.07, 6.45) is 0. The lowest BCUT2D eigenvalue weighted by Gasteiger charge is -2.37. The van der Waals surface area contributed by atoms with Crippen LogP contribution < -0.4 is 4.74 Å². The molecule has 1 atom stereocenters. The molecule has 19 heavy (non-hydrogen) atoms. The van der Waals surface area contributed by atoms with Gasteiger partial charge >= 0.3 is 0 Å². The van der Waals surface area contributed by atoms with Crippen LogP contribution in [-0.4, -0.2) is 60.6 Å². The number of hydrogen-bond donors (Lipinski definition) is 1. The van der Waals surface area contributed by atoms with E-state index in [1.54, 1.807) is 12.1 Å². The lowest BCUT2D eigenvalue weighted by atomic mass is 10.1. The van der Waals surface area contributed by atoms with Crippen molar-refractivity contribution in [2.24, 2.45) is 0 Å². The number of nitrogens with zero attached hydrogens (tertiary/aromatic N) is 2. The van der Waals surface area contributed by atoms with E-state index in [1.165, 1.54) is 13.2 Å². The SMILES string of the molecule is COc1ccc(C(=O)N2CCN(C)C(C)C2)cc1O. The van der Waals surface area contributed by atoms with Crippen molar-refractivity contribution in [2.75, 3.05) is 33.8 Å². The lowest BCUT2D eigenvalue weighted by Crippen LogP contribution is -2.52. The molecule has 0 radical (unpaired) electrons. The molecule has 1 aliphatic rings. The highest BCUT2D eigenvalue weighted by Crippen LogP contribution is 2.27. The van der Waals surface area contributed by atoms with E-state index in [0.717, 1.165) is 6.54 Å². The van der Waals surface area contributed by atoms with Gasteiger partial charge in [-0.3, -0.25) is 4.79 Å². The number of phenols is 1. The molecule has 0 aliphatic carbocycles. The normalized spacial score (nSPS) is 20.4. The maximum absolute atomic E-state index is 12.4. The number of hydrogen-bond acceptors (Lipinski definition) is 4. The first-order valence-electron chi connectivity index (χ1n) is 6.39. The third kappa shape index (κ3) is 2.81. The highest BCUT2D eigenvalue weighted by Gasteiger charge is 2.25. The molecule has 1 saturated heterocycles. The molecule has 104 valence electrons. The van der Waals surface area contributed by atoms with Crippen LogP contribution in [0.3, 0.4) is 0 Å². The van der Waals surface area contributed by atoms with Crippen molar-refractivity contribution in [1.29, 1.82) is 0 Å². The van der Waals surface area contributed by atoms with Crippen LogP contribution in [-0.2, 0) is 0 Å². The van der Waals surface area contributed by atoms with Gasteiger partial charge < -0.3 is 19.6 Å². The summed E-state index contributed by atoms with van der Waals surface area (Å²) in [5.41, 5.74) is 0.495. The van der Waals surface area contributed by atoms with Crippen molar-refractivity contribution in [3.05, 3.63) is 23.8 Å². The number of ether oxygens (including phenoxy) is 1. The summed E-state index contributed by atoms with van der Waals surface area (Å²) in [5, 5.41) is 9.73. The van der Waals surface area contributed by atoms with E-state index in [4.69, 9.17) is 4.74 Å². The summed E-state index contributed by atoms with van der Waals surface area (Å²) in [7, 11) is 3.55. The number of aromatic hydroxyl groups is 1. The van der Waals surface area contributed by atoms with Crippen molar-refractivity contribution >= 4 is 5.91 Å². The molecule has 5 heteroatoms. The topological polar surface area (TPSA) is 53.0 Å². The second-order valence-corrected chi connectivity index (χ2v) is 4.97. The molecule has 1 aromatic carbocycles. The average molecular weight is 264 g/mol. The van der Waals surface area contributed by atoms with E-state index < -0.39 is 0 Å². The summed E-state index contributed by atoms with van der Waals surface area (Å²) in [4.78, 5) is 16.4. The molecule has 1 unspecified atom stereocenters. The van der Waals surface area contributed by atoms with Crippen molar-refractivity contribution in [3.63, 3.8) is 0 Å². The van der Waals surface area contributed by atoms with Crippen LogP contribution in [0.1, 0.15) is 17.3 Å². The van der Waals surface area contributed by atoms with Gasteiger partial charge in [-0.25, -0.2) is 0 Å². The molecular formula is C14H20N2O3. The Labute approximate surface area is 113 Å². The number of methoxy groups -OCH3 is 1. The molecule has 1 N–H and O–H groups in total. The van der Waals surface area contributed by atoms with Crippen LogP contribution in [0.2, 0.25) is 0 Å². The highest BCUT2D eigenvalue weighted by atomic mass is 16.5. The molecule has 1 fully saturated rings. The predicted molar refractivity (Wildman–Crippen MR) is 72.7 cm³/mol. The molecule has 5 nitrogen and oxygen atoms in total. The predicted octanol–water partition coefficient (Wildman–Crippen LogP) is 1.18. The monoisotopic (exact) mass is 264 g/mol. The second-order valence-electron chi connectivity index (χ2n) is 4.97. The molecular weight excluding hydrogens is 244 g/mol. The summed E-state index contributed by atoms with van der Waals surface area (Å²) >= 11 is 0. The van der Waals surface area contributed by atoms with Gasteiger partial charge in [0, 0.05) is 31.2 Å². The second kappa shape index (κ2) is 5.48. The molecule has 0 aromatic heterocycles. The van der Waals surface area contributed by atoms with Crippen molar-refractivity contribution in [2.45, 2.75) is 13.0 Å². The maximum atomic E-state index is 12.4. The maximum Gasteiger partial charge on any atom is 0.254 e. The van der Waals surface area contributed by atoms with Gasteiger partial charge in [0.25, 0.3) is 5.91 Å². The largest absolute Gasteiger partial charge is 0.504 e. The summed E-state index contributed by atoms with van der Waals surface area (Å²) in [6.45, 7) is 4.40. The van der Waals surface area contributed by atoms with Gasteiger partial charge in [0.15, 0.2) is 11.5 Å². The van der Waals surface area contributed by atoms with E-state index in [-0.39, 0.29) is 11.7 Å². The lowest BCUT2D eigenvalue weighted by molar-refractivity contribution is 0.0572. The number of benzene rings is 1. The Bertz CT molecular complexity index is 476. The van der Waals surface area contributed by atoms with Gasteiger partial charge in [-0.15, -0.1) is 0 Å². The average Bonchev–Trinajstić information content (AvgIpc) is 2.41. The van der Waals surface area contributed by atoms with Crippen LogP contribution in [0.5, 0.6) is 11.5 Å². The molecule has 1 amide bonds. The van der Waals surface area contributed by atoms with Crippen molar-refractivity contribution in [1.82, 2.24) is 9.80 Å². The molecule has 2 rings (SSSR count). The third-order valence-corrected chi connectivity index (χ3v) is 3.67. The molecule has 0 spiro atoms. The van der Waals surface area contributed by atoms with Crippen molar-refractivity contribution in [3.8, 4) is 11.5 Å². The fraction of sp³-hybridized carbons (Fsp3) is 0.500. The molecule has 0 bridgehead atoms. The number of carbonyl (C=O) groups is 1. The fourth-order valence-corrected chi connectivity index (χ4v) is 2.24. The van der Waals surface area contributed by atoms with Crippen LogP contribution in [0.15, 0.2) is 18.2 Å². The third-order valence-electron chi connectivity index (χ3n) is 3.67. The Kier molecular flexibility index (Phi) is 3.95. The van der Waals surface area contributed by atoms with Gasteiger partial charge in [0.2, 0.25) is 0 Å². The van der Waals surface area contributed by atoms with Crippen LogP contribution in [0, 0.1) is 0 Å². The summed E-state index contributed by atoms with van der Waals surface area (Å²) in [5.74, 6) is 0.330. The van der Waals surface area contributed by atoms with Gasteiger partial charge in [-0.1, -0.05) is 0 Å². The van der Waals surface area contributed by atoms with E-state index in [9.17, 15) is 9.90 Å². The van der Waals surface area contributed by atoms with Gasteiger partial charge in [0.1, 0.15) is 0 Å². The van der Waals surface area contributed by atoms with E-state index in [0.29, 0.717) is 30.4 Å². The van der Waals surface area contributed by atoms with E-state index >= 15 is 0 Å². The Balaban J connectivity index is 2.13. The standard InChI is InChI=1S/C14H20N2O3/c1-10-9-16(7-6-15(10)2)14(18)11-4-5-13(19-3)12(17)8-11/h4-5,8,10,17H,6-7,9H2,1-3H3. The van der Waals surface area contributed by atoms with Gasteiger partial charge in [-0.2, -0.15) is 0 Å². The smallest absolute Gasteiger partial charge is 0.254 e. The Morgan fingerprint density at radius 2 is 2.16 bits per heavy atom. The van der Waals surface area contributed by atoms with E-state index in [2.05, 4.69) is 18.9 Å². The number of phenolic OH excluding ortho intramolecular Hbond substituents is 1. The quantitative estimate of drug-likeness (QED) is 0.871. The Morgan fingerprint density at radius 3 is 2.74 bits per heavy atom. The Morgan fingerprint density at radius 1 is 1.42 bits per heavy atom. The zero-order chi connectivity index (χ0) is 14.0. The molecule has 1 aromatic rings. The highest BCUT2D eigenvalue weighted by molar-refractivity contribution is 5.95. The van der Waals surface area contributed by atoms with E-state index in [1.807, 2.05) is 4.90 Å². The summed E-state index contributed by atoms with van der Waals surface area (Å²) in [6, 6.07) is 5.11. The number of likely N-dealkylation sites (N-methyl/N-ethyl adjacent to an activating group) is 1. The fourth-order valence-electron chi connectivity index (χ4n) is 2.24. The Hall–Kier alpha value is -1.75. The number of carbonyl (C=O) groups excluding carboxylic acids is 1. The number of amides is 1. The number of piperazine rings is 1. The van der Waals surface area contributed by atoms with Gasteiger partial charge in [0.05, 0.1) is 7.11 Å². The molecule has 0 saturated carbocycles. The van der Waals surface area contributed by atoms with Crippen LogP contribution in [0.25, 0.3) is 0 Å². The zero-order valence-corrected chi connectivity index (χ0v) is 11.6. The number of rotatable bonds is 2. The molecule has 1 heterocycles. The minimum atomic E-state index is -0.0436. The molecule has 1 aliphatic heterocycles. The van der Waals surface area contributed by atoms with Crippen LogP contribution in [0.4, 0.5) is 0 Å². The minimum absolute atomic E-state index is 0.00414. The zero-order valence-electron chi connectivity index (χ0n) is 11.6. The first-order valence-corrected chi connectivity index (χ1v) is 6.39. The first-order chi connectivity index (χ1) is 9.02. The first kappa shape index (κ1) is 13.7. The summed E-state index contributed by atoms with van der Waals surface area (Å²) < 4.78 is 4.97.